The number of anilines is 1. The van der Waals surface area contributed by atoms with E-state index in [1.807, 2.05) is 25.1 Å². The Labute approximate surface area is 179 Å². The van der Waals surface area contributed by atoms with Crippen molar-refractivity contribution in [2.45, 2.75) is 37.1 Å². The fourth-order valence-electron chi connectivity index (χ4n) is 3.56. The van der Waals surface area contributed by atoms with E-state index >= 15 is 0 Å². The van der Waals surface area contributed by atoms with Gasteiger partial charge >= 0.3 is 0 Å². The maximum Gasteiger partial charge on any atom is 0.244 e. The normalized spacial score (nSPS) is 17.6. The lowest BCUT2D eigenvalue weighted by atomic mass is 10.0. The maximum absolute atomic E-state index is 13.1. The van der Waals surface area contributed by atoms with Gasteiger partial charge in [-0.2, -0.15) is 4.31 Å². The van der Waals surface area contributed by atoms with Gasteiger partial charge in [-0.15, -0.1) is 0 Å². The quantitative estimate of drug-likeness (QED) is 0.650. The number of rotatable bonds is 5. The van der Waals surface area contributed by atoms with Crippen molar-refractivity contribution in [3.05, 3.63) is 60.4 Å². The fraction of sp³-hybridized carbons (Fsp3) is 0.286. The van der Waals surface area contributed by atoms with Crippen molar-refractivity contribution in [2.24, 2.45) is 0 Å². The molecule has 1 saturated heterocycles. The van der Waals surface area contributed by atoms with Crippen LogP contribution in [0.5, 0.6) is 0 Å². The van der Waals surface area contributed by atoms with E-state index in [0.717, 1.165) is 29.1 Å². The highest BCUT2D eigenvalue weighted by molar-refractivity contribution is 7.89. The molecule has 0 saturated carbocycles. The second-order valence-electron chi connectivity index (χ2n) is 7.08. The summed E-state index contributed by atoms with van der Waals surface area (Å²) >= 11 is 1.34. The third kappa shape index (κ3) is 4.14. The van der Waals surface area contributed by atoms with Crippen LogP contribution in [0, 0.1) is 6.92 Å². The van der Waals surface area contributed by atoms with Crippen molar-refractivity contribution in [3.63, 3.8) is 0 Å². The molecular weight excluding hydrogens is 420 g/mol. The number of hydrogen-bond donors (Lipinski definition) is 1. The van der Waals surface area contributed by atoms with Gasteiger partial charge in [0.05, 0.1) is 21.2 Å². The summed E-state index contributed by atoms with van der Waals surface area (Å²) in [6, 6.07) is 13.1. The number of nitrogens with one attached hydrogen (secondary N) is 1. The number of carbonyl (C=O) groups excluding carboxylic acids is 1. The van der Waals surface area contributed by atoms with Crippen molar-refractivity contribution >= 4 is 32.4 Å². The number of piperidine rings is 1. The van der Waals surface area contributed by atoms with Crippen LogP contribution in [0.3, 0.4) is 0 Å². The summed E-state index contributed by atoms with van der Waals surface area (Å²) in [5.74, 6) is -0.351. The molecule has 0 radical (unpaired) electrons. The number of amides is 1. The molecule has 3 aromatic rings. The Balaban J connectivity index is 1.56. The largest absolute Gasteiger partial charge is 0.301 e. The first-order chi connectivity index (χ1) is 14.5. The third-order valence-corrected chi connectivity index (χ3v) is 8.05. The molecule has 1 atom stereocenters. The Hall–Kier alpha value is -2.62. The summed E-state index contributed by atoms with van der Waals surface area (Å²) in [6.07, 6.45) is 3.72. The zero-order valence-corrected chi connectivity index (χ0v) is 18.1. The van der Waals surface area contributed by atoms with E-state index in [0.29, 0.717) is 18.1 Å². The molecule has 1 unspecified atom stereocenters. The van der Waals surface area contributed by atoms with Gasteiger partial charge in [-0.3, -0.25) is 9.78 Å². The van der Waals surface area contributed by atoms with Crippen LogP contribution >= 0.6 is 11.3 Å². The number of pyridine rings is 1. The Kier molecular flexibility index (Phi) is 5.94. The van der Waals surface area contributed by atoms with Crippen molar-refractivity contribution in [1.82, 2.24) is 14.3 Å². The Morgan fingerprint density at radius 3 is 2.63 bits per heavy atom. The number of carbonyl (C=O) groups is 1. The lowest BCUT2D eigenvalue weighted by molar-refractivity contribution is -0.120. The molecule has 9 heteroatoms. The van der Waals surface area contributed by atoms with Gasteiger partial charge in [-0.05, 0) is 44.0 Å². The summed E-state index contributed by atoms with van der Waals surface area (Å²) in [5.41, 5.74) is 1.56. The molecule has 7 nitrogen and oxygen atoms in total. The van der Waals surface area contributed by atoms with Gasteiger partial charge in [-0.1, -0.05) is 42.0 Å². The molecule has 30 heavy (non-hydrogen) atoms. The molecule has 4 rings (SSSR count). The van der Waals surface area contributed by atoms with Gasteiger partial charge in [0.2, 0.25) is 15.9 Å². The molecule has 0 aliphatic carbocycles. The zero-order chi connectivity index (χ0) is 21.1. The minimum absolute atomic E-state index is 0.201. The van der Waals surface area contributed by atoms with Crippen LogP contribution in [0.1, 0.15) is 25.0 Å². The summed E-state index contributed by atoms with van der Waals surface area (Å²) in [4.78, 5) is 22.9. The van der Waals surface area contributed by atoms with Gasteiger partial charge in [0.25, 0.3) is 0 Å². The molecule has 1 aliphatic heterocycles. The molecule has 1 amide bonds. The van der Waals surface area contributed by atoms with Crippen LogP contribution in [0.2, 0.25) is 0 Å². The second kappa shape index (κ2) is 8.63. The third-order valence-electron chi connectivity index (χ3n) is 5.03. The van der Waals surface area contributed by atoms with E-state index in [4.69, 9.17) is 0 Å². The SMILES string of the molecule is Cc1nc(NC(=O)C2CCCCN2S(=O)(=O)c2ccccc2)sc1-c1ccccn1. The van der Waals surface area contributed by atoms with Crippen LogP contribution in [0.15, 0.2) is 59.6 Å². The van der Waals surface area contributed by atoms with Crippen LogP contribution < -0.4 is 5.32 Å². The average molecular weight is 443 g/mol. The Morgan fingerprint density at radius 2 is 1.90 bits per heavy atom. The van der Waals surface area contributed by atoms with Crippen LogP contribution in [0.4, 0.5) is 5.13 Å². The van der Waals surface area contributed by atoms with Gasteiger partial charge in [0, 0.05) is 12.7 Å². The Morgan fingerprint density at radius 1 is 1.13 bits per heavy atom. The molecule has 1 aliphatic rings. The second-order valence-corrected chi connectivity index (χ2v) is 9.97. The number of thiazole rings is 1. The summed E-state index contributed by atoms with van der Waals surface area (Å²) in [7, 11) is -3.75. The smallest absolute Gasteiger partial charge is 0.244 e. The lowest BCUT2D eigenvalue weighted by Gasteiger charge is -2.33. The first-order valence-electron chi connectivity index (χ1n) is 9.73. The van der Waals surface area contributed by atoms with E-state index in [-0.39, 0.29) is 10.8 Å². The standard InChI is InChI=1S/C21H22N4O3S2/c1-15-19(17-11-5-7-13-22-17)29-21(23-15)24-20(26)18-12-6-8-14-25(18)30(27,28)16-9-3-2-4-10-16/h2-5,7,9-11,13,18H,6,8,12,14H2,1H3,(H,23,24,26). The van der Waals surface area contributed by atoms with Crippen molar-refractivity contribution in [1.29, 1.82) is 0 Å². The minimum atomic E-state index is -3.75. The molecule has 1 fully saturated rings. The van der Waals surface area contributed by atoms with Gasteiger partial charge in [0.1, 0.15) is 6.04 Å². The van der Waals surface area contributed by atoms with Crippen molar-refractivity contribution in [2.75, 3.05) is 11.9 Å². The first-order valence-corrected chi connectivity index (χ1v) is 12.0. The van der Waals surface area contributed by atoms with Gasteiger partial charge in [0.15, 0.2) is 5.13 Å². The number of nitrogens with zero attached hydrogens (tertiary/aromatic N) is 3. The topological polar surface area (TPSA) is 92.3 Å². The summed E-state index contributed by atoms with van der Waals surface area (Å²) < 4.78 is 27.6. The number of hydrogen-bond acceptors (Lipinski definition) is 6. The number of sulfonamides is 1. The fourth-order valence-corrected chi connectivity index (χ4v) is 6.18. The molecule has 3 heterocycles. The molecule has 2 aromatic heterocycles. The molecule has 1 N–H and O–H groups in total. The van der Waals surface area contributed by atoms with Crippen LogP contribution in [0.25, 0.3) is 10.6 Å². The zero-order valence-electron chi connectivity index (χ0n) is 16.5. The highest BCUT2D eigenvalue weighted by atomic mass is 32.2. The number of aryl methyl sites for hydroxylation is 1. The molecular formula is C21H22N4O3S2. The van der Waals surface area contributed by atoms with Crippen LogP contribution in [-0.4, -0.2) is 41.2 Å². The van der Waals surface area contributed by atoms with Crippen molar-refractivity contribution < 1.29 is 13.2 Å². The first kappa shape index (κ1) is 20.6. The van der Waals surface area contributed by atoms with E-state index < -0.39 is 16.1 Å². The molecule has 1 aromatic carbocycles. The molecule has 0 spiro atoms. The number of aromatic nitrogens is 2. The van der Waals surface area contributed by atoms with E-state index in [1.54, 1.807) is 36.5 Å². The average Bonchev–Trinajstić information content (AvgIpc) is 3.14. The van der Waals surface area contributed by atoms with Gasteiger partial charge < -0.3 is 5.32 Å². The van der Waals surface area contributed by atoms with E-state index in [1.165, 1.54) is 15.6 Å². The maximum atomic E-state index is 13.1. The molecule has 156 valence electrons. The summed E-state index contributed by atoms with van der Waals surface area (Å²) in [6.45, 7) is 2.19. The van der Waals surface area contributed by atoms with Gasteiger partial charge in [-0.25, -0.2) is 13.4 Å². The minimum Gasteiger partial charge on any atom is -0.301 e. The lowest BCUT2D eigenvalue weighted by Crippen LogP contribution is -2.49. The number of benzene rings is 1. The Bertz CT molecular complexity index is 1130. The summed E-state index contributed by atoms with van der Waals surface area (Å²) in [5, 5.41) is 3.28. The highest BCUT2D eigenvalue weighted by Crippen LogP contribution is 2.32. The predicted molar refractivity (Wildman–Crippen MR) is 117 cm³/mol. The predicted octanol–water partition coefficient (Wildman–Crippen LogP) is 3.70. The van der Waals surface area contributed by atoms with Crippen molar-refractivity contribution in [3.8, 4) is 10.6 Å². The van der Waals surface area contributed by atoms with E-state index in [9.17, 15) is 13.2 Å². The van der Waals surface area contributed by atoms with Crippen LogP contribution in [-0.2, 0) is 14.8 Å². The monoisotopic (exact) mass is 442 g/mol. The highest BCUT2D eigenvalue weighted by Gasteiger charge is 2.37. The molecule has 0 bridgehead atoms. The van der Waals surface area contributed by atoms with E-state index in [2.05, 4.69) is 15.3 Å².